The normalized spacial score (nSPS) is 14.6. The van der Waals surface area contributed by atoms with Gasteiger partial charge in [-0.1, -0.05) is 54.4 Å². The van der Waals surface area contributed by atoms with Gasteiger partial charge in [0, 0.05) is 24.7 Å². The lowest BCUT2D eigenvalue weighted by atomic mass is 9.66. The second-order valence-corrected chi connectivity index (χ2v) is 9.40. The molecule has 35 heavy (non-hydrogen) atoms. The molecule has 2 heterocycles. The number of aromatic amines is 1. The lowest BCUT2D eigenvalue weighted by Crippen LogP contribution is -2.33. The number of carbonyl (C=O) groups is 1. The maximum Gasteiger partial charge on any atom is 0.274 e. The second-order valence-electron chi connectivity index (χ2n) is 9.00. The zero-order chi connectivity index (χ0) is 24.4. The highest BCUT2D eigenvalue weighted by Crippen LogP contribution is 2.44. The third kappa shape index (κ3) is 4.72. The summed E-state index contributed by atoms with van der Waals surface area (Å²) in [6.07, 6.45) is 3.85. The molecule has 4 aromatic rings. The monoisotopic (exact) mass is 492 g/mol. The lowest BCUT2D eigenvalue weighted by Gasteiger charge is -2.40. The number of halogens is 1. The fraction of sp³-hybridized carbons (Fsp3) is 0.308. The molecule has 2 N–H and O–H groups in total. The maximum atomic E-state index is 13.0. The van der Waals surface area contributed by atoms with E-state index in [1.165, 1.54) is 10.6 Å². The van der Waals surface area contributed by atoms with Crippen molar-refractivity contribution in [3.8, 4) is 17.1 Å². The van der Waals surface area contributed by atoms with Crippen molar-refractivity contribution in [1.29, 1.82) is 0 Å². The Labute approximate surface area is 206 Å². The summed E-state index contributed by atoms with van der Waals surface area (Å²) in [5.41, 5.74) is 1.06. The van der Waals surface area contributed by atoms with Crippen molar-refractivity contribution < 1.29 is 14.6 Å². The Morgan fingerprint density at radius 2 is 1.94 bits per heavy atom. The summed E-state index contributed by atoms with van der Waals surface area (Å²) in [6, 6.07) is 15.9. The minimum Gasteiger partial charge on any atom is -0.486 e. The van der Waals surface area contributed by atoms with Crippen LogP contribution in [-0.4, -0.2) is 37.1 Å². The molecule has 8 nitrogen and oxygen atoms in total. The molecule has 180 valence electrons. The number of Topliss-reactive ketones (excluding diaryl/α,β-unsaturated/α-hetero) is 1. The number of nitrogens with zero attached hydrogens (tertiary/aromatic N) is 3. The van der Waals surface area contributed by atoms with Crippen LogP contribution in [0.4, 0.5) is 0 Å². The number of ether oxygens (including phenoxy) is 1. The number of benzene rings is 2. The molecule has 0 saturated heterocycles. The zero-order valence-electron chi connectivity index (χ0n) is 19.0. The molecule has 5 rings (SSSR count). The van der Waals surface area contributed by atoms with Crippen molar-refractivity contribution >= 4 is 23.2 Å². The van der Waals surface area contributed by atoms with Crippen LogP contribution in [0.3, 0.4) is 0 Å². The highest BCUT2D eigenvalue weighted by Gasteiger charge is 2.36. The number of aliphatic hydroxyl groups is 1. The SMILES string of the molecule is O=C(CCC1(CO)CCC1)c1c(Cl)cccc1OCc1cc(=O)n2[nH]c(-c3ccccc3)nc2n1. The number of aliphatic hydroxyl groups excluding tert-OH is 1. The summed E-state index contributed by atoms with van der Waals surface area (Å²) in [4.78, 5) is 34.5. The van der Waals surface area contributed by atoms with Crippen LogP contribution < -0.4 is 10.3 Å². The van der Waals surface area contributed by atoms with Crippen LogP contribution in [0.5, 0.6) is 5.75 Å². The molecule has 0 bridgehead atoms. The van der Waals surface area contributed by atoms with Crippen LogP contribution >= 0.6 is 11.6 Å². The van der Waals surface area contributed by atoms with E-state index in [4.69, 9.17) is 16.3 Å². The minimum atomic E-state index is -0.319. The van der Waals surface area contributed by atoms with Crippen LogP contribution in [-0.2, 0) is 6.61 Å². The summed E-state index contributed by atoms with van der Waals surface area (Å²) >= 11 is 6.37. The Kier molecular flexibility index (Phi) is 6.40. The third-order valence-corrected chi connectivity index (χ3v) is 7.01. The number of hydrogen-bond donors (Lipinski definition) is 2. The van der Waals surface area contributed by atoms with E-state index in [0.29, 0.717) is 34.3 Å². The number of ketones is 1. The molecule has 0 atom stereocenters. The van der Waals surface area contributed by atoms with Crippen LogP contribution in [0.2, 0.25) is 5.02 Å². The predicted molar refractivity (Wildman–Crippen MR) is 132 cm³/mol. The number of aromatic nitrogens is 4. The minimum absolute atomic E-state index is 0.0273. The molecular weight excluding hydrogens is 468 g/mol. The van der Waals surface area contributed by atoms with E-state index in [0.717, 1.165) is 24.8 Å². The van der Waals surface area contributed by atoms with Crippen LogP contribution in [0.25, 0.3) is 17.2 Å². The van der Waals surface area contributed by atoms with Gasteiger partial charge in [0.1, 0.15) is 12.4 Å². The topological polar surface area (TPSA) is 110 Å². The van der Waals surface area contributed by atoms with Gasteiger partial charge >= 0.3 is 0 Å². The largest absolute Gasteiger partial charge is 0.486 e. The van der Waals surface area contributed by atoms with Gasteiger partial charge in [-0.3, -0.25) is 14.7 Å². The highest BCUT2D eigenvalue weighted by atomic mass is 35.5. The van der Waals surface area contributed by atoms with Gasteiger partial charge in [0.2, 0.25) is 0 Å². The summed E-state index contributed by atoms with van der Waals surface area (Å²) in [5, 5.41) is 13.0. The van der Waals surface area contributed by atoms with Crippen LogP contribution in [0.1, 0.15) is 48.2 Å². The van der Waals surface area contributed by atoms with Gasteiger partial charge in [-0.05, 0) is 36.8 Å². The van der Waals surface area contributed by atoms with E-state index in [1.807, 2.05) is 30.3 Å². The first-order chi connectivity index (χ1) is 17.0. The maximum absolute atomic E-state index is 13.0. The number of nitrogens with one attached hydrogen (secondary N) is 1. The van der Waals surface area contributed by atoms with Crippen molar-refractivity contribution in [2.45, 2.75) is 38.7 Å². The third-order valence-electron chi connectivity index (χ3n) is 6.69. The molecule has 2 aromatic heterocycles. The number of H-pyrrole nitrogens is 1. The Hall–Kier alpha value is -3.49. The van der Waals surface area contributed by atoms with E-state index < -0.39 is 0 Å². The molecule has 0 spiro atoms. The highest BCUT2D eigenvalue weighted by molar-refractivity contribution is 6.34. The van der Waals surface area contributed by atoms with Gasteiger partial charge in [-0.2, -0.15) is 9.50 Å². The molecule has 1 aliphatic carbocycles. The Morgan fingerprint density at radius 1 is 1.14 bits per heavy atom. The average Bonchev–Trinajstić information content (AvgIpc) is 3.28. The van der Waals surface area contributed by atoms with Crippen molar-refractivity contribution in [2.24, 2.45) is 5.41 Å². The summed E-state index contributed by atoms with van der Waals surface area (Å²) in [6.45, 7) is 0.0650. The fourth-order valence-corrected chi connectivity index (χ4v) is 4.71. The van der Waals surface area contributed by atoms with Gasteiger partial charge in [0.05, 0.1) is 16.3 Å². The molecule has 0 radical (unpaired) electrons. The molecule has 0 aliphatic heterocycles. The first-order valence-corrected chi connectivity index (χ1v) is 12.0. The number of hydrogen-bond acceptors (Lipinski definition) is 6. The Bertz CT molecular complexity index is 1420. The van der Waals surface area contributed by atoms with Crippen LogP contribution in [0.15, 0.2) is 59.4 Å². The summed E-state index contributed by atoms with van der Waals surface area (Å²) < 4.78 is 7.19. The molecule has 1 saturated carbocycles. The van der Waals surface area contributed by atoms with E-state index in [-0.39, 0.29) is 42.2 Å². The Morgan fingerprint density at radius 3 is 2.66 bits per heavy atom. The average molecular weight is 493 g/mol. The fourth-order valence-electron chi connectivity index (χ4n) is 4.44. The zero-order valence-corrected chi connectivity index (χ0v) is 19.8. The van der Waals surface area contributed by atoms with Gasteiger partial charge in [-0.15, -0.1) is 0 Å². The van der Waals surface area contributed by atoms with Crippen molar-refractivity contribution in [1.82, 2.24) is 19.6 Å². The standard InChI is InChI=1S/C26H25ClN4O4/c27-19-8-4-9-21(23(19)20(33)10-13-26(16-32)11-5-12-26)35-15-18-14-22(34)31-25(28-18)29-24(30-31)17-6-2-1-3-7-17/h1-4,6-9,14,32H,5,10-13,15-16H2,(H,28,29,30). The quantitative estimate of drug-likeness (QED) is 0.334. The van der Waals surface area contributed by atoms with Gasteiger partial charge in [0.25, 0.3) is 11.3 Å². The van der Waals surface area contributed by atoms with Crippen molar-refractivity contribution in [3.63, 3.8) is 0 Å². The molecular formula is C26H25ClN4O4. The smallest absolute Gasteiger partial charge is 0.274 e. The summed E-state index contributed by atoms with van der Waals surface area (Å²) in [7, 11) is 0. The molecule has 1 fully saturated rings. The number of fused-ring (bicyclic) bond motifs is 1. The van der Waals surface area contributed by atoms with Gasteiger partial charge in [0.15, 0.2) is 11.6 Å². The Balaban J connectivity index is 1.35. The van der Waals surface area contributed by atoms with E-state index in [9.17, 15) is 14.7 Å². The number of carbonyl (C=O) groups excluding carboxylic acids is 1. The van der Waals surface area contributed by atoms with E-state index in [2.05, 4.69) is 15.1 Å². The number of rotatable bonds is 9. The van der Waals surface area contributed by atoms with E-state index in [1.54, 1.807) is 18.2 Å². The van der Waals surface area contributed by atoms with Crippen molar-refractivity contribution in [3.05, 3.63) is 81.2 Å². The van der Waals surface area contributed by atoms with E-state index >= 15 is 0 Å². The predicted octanol–water partition coefficient (Wildman–Crippen LogP) is 4.44. The van der Waals surface area contributed by atoms with Gasteiger partial charge in [-0.25, -0.2) is 4.98 Å². The first-order valence-electron chi connectivity index (χ1n) is 11.6. The second kappa shape index (κ2) is 9.64. The molecule has 2 aromatic carbocycles. The molecule has 1 aliphatic rings. The molecule has 0 unspecified atom stereocenters. The van der Waals surface area contributed by atoms with Crippen LogP contribution in [0, 0.1) is 5.41 Å². The lowest BCUT2D eigenvalue weighted by molar-refractivity contribution is 0.0337. The first kappa shape index (κ1) is 23.3. The van der Waals surface area contributed by atoms with Gasteiger partial charge < -0.3 is 9.84 Å². The van der Waals surface area contributed by atoms with Crippen molar-refractivity contribution in [2.75, 3.05) is 6.61 Å². The molecule has 9 heteroatoms. The summed E-state index contributed by atoms with van der Waals surface area (Å²) in [5.74, 6) is 0.965. The molecule has 0 amide bonds.